The molecular weight excluding hydrogens is 448 g/mol. The van der Waals surface area contributed by atoms with Crippen LogP contribution in [0.2, 0.25) is 0 Å². The van der Waals surface area contributed by atoms with E-state index in [0.717, 1.165) is 12.8 Å². The zero-order valence-electron chi connectivity index (χ0n) is 19.7. The predicted molar refractivity (Wildman–Crippen MR) is 132 cm³/mol. The number of rotatable bonds is 12. The average Bonchev–Trinajstić information content (AvgIpc) is 2.89. The van der Waals surface area contributed by atoms with Gasteiger partial charge in [0.1, 0.15) is 11.5 Å². The van der Waals surface area contributed by atoms with Crippen molar-refractivity contribution in [2.24, 2.45) is 5.10 Å². The number of para-hydroxylation sites is 1. The molecule has 8 heteroatoms. The summed E-state index contributed by atoms with van der Waals surface area (Å²) in [5.74, 6) is 0.992. The smallest absolute Gasteiger partial charge is 0.343 e. The molecule has 3 rings (SSSR count). The van der Waals surface area contributed by atoms with Gasteiger partial charge in [0.05, 0.1) is 25.5 Å². The Bertz CT molecular complexity index is 1130. The summed E-state index contributed by atoms with van der Waals surface area (Å²) >= 11 is 0. The van der Waals surface area contributed by atoms with Gasteiger partial charge in [0, 0.05) is 0 Å². The molecule has 182 valence electrons. The van der Waals surface area contributed by atoms with Gasteiger partial charge in [-0.15, -0.1) is 0 Å². The van der Waals surface area contributed by atoms with Gasteiger partial charge in [-0.25, -0.2) is 10.2 Å². The Kier molecular flexibility index (Phi) is 9.68. The molecule has 0 unspecified atom stereocenters. The van der Waals surface area contributed by atoms with Gasteiger partial charge in [0.2, 0.25) is 0 Å². The Balaban J connectivity index is 1.53. The van der Waals surface area contributed by atoms with Crippen molar-refractivity contribution in [3.8, 4) is 23.0 Å². The van der Waals surface area contributed by atoms with Crippen LogP contribution in [0.25, 0.3) is 0 Å². The highest BCUT2D eigenvalue weighted by molar-refractivity contribution is 5.92. The van der Waals surface area contributed by atoms with Crippen LogP contribution in [-0.4, -0.2) is 38.4 Å². The Morgan fingerprint density at radius 2 is 1.66 bits per heavy atom. The third kappa shape index (κ3) is 8.19. The molecule has 0 aliphatic rings. The molecule has 0 aliphatic heterocycles. The first-order chi connectivity index (χ1) is 17.1. The molecule has 35 heavy (non-hydrogen) atoms. The zero-order chi connectivity index (χ0) is 24.9. The molecular formula is C27H28N2O6. The molecule has 0 atom stereocenters. The van der Waals surface area contributed by atoms with Crippen LogP contribution in [0.5, 0.6) is 23.0 Å². The number of carbonyl (C=O) groups is 2. The van der Waals surface area contributed by atoms with E-state index in [9.17, 15) is 9.59 Å². The maximum Gasteiger partial charge on any atom is 0.343 e. The van der Waals surface area contributed by atoms with Gasteiger partial charge >= 0.3 is 5.97 Å². The minimum Gasteiger partial charge on any atom is -0.494 e. The standard InChI is InChI=1S/C27H28N2O6/c1-3-4-16-33-23-13-11-21(12-14-23)27(31)35-24-15-10-20(17-25(24)32-2)18-28-29-26(30)19-34-22-8-6-5-7-9-22/h5-15,17-18H,3-4,16,19H2,1-2H3,(H,29,30)/b28-18-. The molecule has 0 aliphatic carbocycles. The number of benzene rings is 3. The molecule has 0 bridgehead atoms. The maximum absolute atomic E-state index is 12.5. The van der Waals surface area contributed by atoms with Gasteiger partial charge < -0.3 is 18.9 Å². The fourth-order valence-electron chi connectivity index (χ4n) is 2.91. The van der Waals surface area contributed by atoms with Crippen molar-refractivity contribution in [1.82, 2.24) is 5.43 Å². The molecule has 3 aromatic carbocycles. The highest BCUT2D eigenvalue weighted by atomic mass is 16.6. The third-order valence-electron chi connectivity index (χ3n) is 4.76. The molecule has 0 spiro atoms. The average molecular weight is 477 g/mol. The summed E-state index contributed by atoms with van der Waals surface area (Å²) in [6.45, 7) is 2.57. The first-order valence-electron chi connectivity index (χ1n) is 11.2. The first kappa shape index (κ1) is 25.3. The van der Waals surface area contributed by atoms with E-state index in [1.807, 2.05) is 18.2 Å². The van der Waals surface area contributed by atoms with E-state index in [2.05, 4.69) is 17.5 Å². The van der Waals surface area contributed by atoms with E-state index in [1.54, 1.807) is 54.6 Å². The molecule has 0 heterocycles. The number of hydrogen-bond donors (Lipinski definition) is 1. The Labute approximate surface area is 204 Å². The second-order valence-electron chi connectivity index (χ2n) is 7.42. The monoisotopic (exact) mass is 476 g/mol. The molecule has 8 nitrogen and oxygen atoms in total. The molecule has 1 amide bonds. The number of hydrogen-bond acceptors (Lipinski definition) is 7. The molecule has 0 saturated carbocycles. The SMILES string of the molecule is CCCCOc1ccc(C(=O)Oc2ccc(/C=N\NC(=O)COc3ccccc3)cc2OC)cc1. The van der Waals surface area contributed by atoms with Crippen LogP contribution in [0.1, 0.15) is 35.7 Å². The molecule has 0 fully saturated rings. The predicted octanol–water partition coefficient (Wildman–Crippen LogP) is 4.62. The van der Waals surface area contributed by atoms with Crippen molar-refractivity contribution in [3.63, 3.8) is 0 Å². The van der Waals surface area contributed by atoms with Crippen molar-refractivity contribution in [3.05, 3.63) is 83.9 Å². The van der Waals surface area contributed by atoms with E-state index >= 15 is 0 Å². The van der Waals surface area contributed by atoms with E-state index < -0.39 is 11.9 Å². The van der Waals surface area contributed by atoms with Crippen molar-refractivity contribution in [2.75, 3.05) is 20.3 Å². The van der Waals surface area contributed by atoms with E-state index in [1.165, 1.54) is 13.3 Å². The molecule has 0 aromatic heterocycles. The summed E-state index contributed by atoms with van der Waals surface area (Å²) in [4.78, 5) is 24.4. The summed E-state index contributed by atoms with van der Waals surface area (Å²) in [6.07, 6.45) is 3.47. The lowest BCUT2D eigenvalue weighted by atomic mass is 10.2. The fraction of sp³-hybridized carbons (Fsp3) is 0.222. The molecule has 0 radical (unpaired) electrons. The van der Waals surface area contributed by atoms with Crippen molar-refractivity contribution >= 4 is 18.1 Å². The maximum atomic E-state index is 12.5. The van der Waals surface area contributed by atoms with Crippen LogP contribution in [-0.2, 0) is 4.79 Å². The van der Waals surface area contributed by atoms with Crippen LogP contribution in [0.15, 0.2) is 77.9 Å². The lowest BCUT2D eigenvalue weighted by Gasteiger charge is -2.10. The van der Waals surface area contributed by atoms with Crippen LogP contribution >= 0.6 is 0 Å². The Hall–Kier alpha value is -4.33. The van der Waals surface area contributed by atoms with E-state index in [4.69, 9.17) is 18.9 Å². The highest BCUT2D eigenvalue weighted by Gasteiger charge is 2.13. The molecule has 0 saturated heterocycles. The number of methoxy groups -OCH3 is 1. The third-order valence-corrected chi connectivity index (χ3v) is 4.76. The first-order valence-corrected chi connectivity index (χ1v) is 11.2. The van der Waals surface area contributed by atoms with Crippen LogP contribution in [0, 0.1) is 0 Å². The van der Waals surface area contributed by atoms with E-state index in [-0.39, 0.29) is 12.4 Å². The van der Waals surface area contributed by atoms with Crippen LogP contribution < -0.4 is 24.4 Å². The zero-order valence-corrected chi connectivity index (χ0v) is 19.7. The Morgan fingerprint density at radius 3 is 2.37 bits per heavy atom. The topological polar surface area (TPSA) is 95.5 Å². The minimum atomic E-state index is -0.518. The summed E-state index contributed by atoms with van der Waals surface area (Å²) < 4.78 is 21.8. The van der Waals surface area contributed by atoms with E-state index in [0.29, 0.717) is 35.0 Å². The number of hydrazone groups is 1. The number of ether oxygens (including phenoxy) is 4. The van der Waals surface area contributed by atoms with Gasteiger partial charge in [0.15, 0.2) is 18.1 Å². The largest absolute Gasteiger partial charge is 0.494 e. The van der Waals surface area contributed by atoms with Gasteiger partial charge in [0.25, 0.3) is 5.91 Å². The quantitative estimate of drug-likeness (QED) is 0.135. The molecule has 3 aromatic rings. The van der Waals surface area contributed by atoms with Crippen LogP contribution in [0.3, 0.4) is 0 Å². The second kappa shape index (κ2) is 13.4. The van der Waals surface area contributed by atoms with Crippen molar-refractivity contribution in [2.45, 2.75) is 19.8 Å². The number of amides is 1. The number of nitrogens with zero attached hydrogens (tertiary/aromatic N) is 1. The lowest BCUT2D eigenvalue weighted by Crippen LogP contribution is -2.24. The second-order valence-corrected chi connectivity index (χ2v) is 7.42. The summed E-state index contributed by atoms with van der Waals surface area (Å²) in [7, 11) is 1.47. The van der Waals surface area contributed by atoms with Crippen molar-refractivity contribution < 1.29 is 28.5 Å². The van der Waals surface area contributed by atoms with Crippen LogP contribution in [0.4, 0.5) is 0 Å². The Morgan fingerprint density at radius 1 is 0.914 bits per heavy atom. The highest BCUT2D eigenvalue weighted by Crippen LogP contribution is 2.28. The van der Waals surface area contributed by atoms with Gasteiger partial charge in [-0.05, 0) is 66.6 Å². The molecule has 1 N–H and O–H groups in total. The summed E-state index contributed by atoms with van der Waals surface area (Å²) in [5, 5.41) is 3.92. The summed E-state index contributed by atoms with van der Waals surface area (Å²) in [5.41, 5.74) is 3.42. The van der Waals surface area contributed by atoms with Gasteiger partial charge in [-0.1, -0.05) is 31.5 Å². The number of carbonyl (C=O) groups excluding carboxylic acids is 2. The normalized spacial score (nSPS) is 10.6. The number of nitrogens with one attached hydrogen (secondary N) is 1. The van der Waals surface area contributed by atoms with Crippen molar-refractivity contribution in [1.29, 1.82) is 0 Å². The number of unbranched alkanes of at least 4 members (excludes halogenated alkanes) is 1. The summed E-state index contributed by atoms with van der Waals surface area (Å²) in [6, 6.07) is 20.7. The minimum absolute atomic E-state index is 0.161. The number of esters is 1. The fourth-order valence-corrected chi connectivity index (χ4v) is 2.91. The lowest BCUT2D eigenvalue weighted by molar-refractivity contribution is -0.123. The van der Waals surface area contributed by atoms with Gasteiger partial charge in [-0.3, -0.25) is 4.79 Å². The van der Waals surface area contributed by atoms with Gasteiger partial charge in [-0.2, -0.15) is 5.10 Å².